The van der Waals surface area contributed by atoms with Gasteiger partial charge in [-0.05, 0) is 11.5 Å². The zero-order valence-electron chi connectivity index (χ0n) is 12.1. The predicted octanol–water partition coefficient (Wildman–Crippen LogP) is 4.62. The largest absolute Gasteiger partial charge is 0.293 e. The van der Waals surface area contributed by atoms with Crippen molar-refractivity contribution in [3.8, 4) is 0 Å². The van der Waals surface area contributed by atoms with Gasteiger partial charge < -0.3 is 0 Å². The maximum Gasteiger partial charge on any atom is 0.176 e. The van der Waals surface area contributed by atoms with Gasteiger partial charge in [0.1, 0.15) is 0 Å². The molecular weight excluding hydrogens is 272 g/mol. The van der Waals surface area contributed by atoms with Crippen LogP contribution in [0.15, 0.2) is 24.3 Å². The molecule has 1 aliphatic heterocycles. The second-order valence-electron chi connectivity index (χ2n) is 5.51. The lowest BCUT2D eigenvalue weighted by atomic mass is 10.00. The fourth-order valence-electron chi connectivity index (χ4n) is 2.14. The standard InChI is InChI=1S/C16H22OS2/c1-10(2)13-5-7-14(8-6-13)16(17)15-9-18-11(3)12(4)19-15/h5-8,10-12,15H,9H2,1-4H3. The number of carbonyl (C=O) groups is 1. The maximum absolute atomic E-state index is 12.5. The second kappa shape index (κ2) is 6.36. The van der Waals surface area contributed by atoms with Gasteiger partial charge in [0.05, 0.1) is 5.25 Å². The van der Waals surface area contributed by atoms with E-state index in [0.717, 1.165) is 11.3 Å². The van der Waals surface area contributed by atoms with E-state index >= 15 is 0 Å². The molecule has 1 aliphatic rings. The Balaban J connectivity index is 2.07. The Hall–Kier alpha value is -0.410. The third kappa shape index (κ3) is 3.57. The molecule has 1 nitrogen and oxygen atoms in total. The number of Topliss-reactive ketones (excluding diaryl/α,β-unsaturated/α-hetero) is 1. The minimum absolute atomic E-state index is 0.126. The van der Waals surface area contributed by atoms with Crippen molar-refractivity contribution < 1.29 is 4.79 Å². The van der Waals surface area contributed by atoms with Crippen LogP contribution in [0.3, 0.4) is 0 Å². The van der Waals surface area contributed by atoms with Crippen molar-refractivity contribution in [1.82, 2.24) is 0 Å². The lowest BCUT2D eigenvalue weighted by Gasteiger charge is -2.30. The van der Waals surface area contributed by atoms with Gasteiger partial charge >= 0.3 is 0 Å². The molecule has 0 aromatic heterocycles. The monoisotopic (exact) mass is 294 g/mol. The fraction of sp³-hybridized carbons (Fsp3) is 0.562. The van der Waals surface area contributed by atoms with Gasteiger partial charge in [-0.2, -0.15) is 11.8 Å². The Morgan fingerprint density at radius 1 is 1.16 bits per heavy atom. The summed E-state index contributed by atoms with van der Waals surface area (Å²) >= 11 is 3.76. The van der Waals surface area contributed by atoms with Crippen LogP contribution in [0.1, 0.15) is 49.5 Å². The van der Waals surface area contributed by atoms with Gasteiger partial charge in [0, 0.05) is 21.8 Å². The first-order valence-corrected chi connectivity index (χ1v) is 8.89. The van der Waals surface area contributed by atoms with Gasteiger partial charge in [0.15, 0.2) is 5.78 Å². The van der Waals surface area contributed by atoms with E-state index in [-0.39, 0.29) is 5.25 Å². The average molecular weight is 294 g/mol. The summed E-state index contributed by atoms with van der Waals surface area (Å²) < 4.78 is 0. The van der Waals surface area contributed by atoms with Gasteiger partial charge in [-0.1, -0.05) is 52.0 Å². The van der Waals surface area contributed by atoms with E-state index in [9.17, 15) is 4.79 Å². The van der Waals surface area contributed by atoms with Gasteiger partial charge in [0.2, 0.25) is 0 Å². The lowest BCUT2D eigenvalue weighted by Crippen LogP contribution is -2.31. The second-order valence-corrected chi connectivity index (χ2v) is 8.50. The Labute approximate surface area is 124 Å². The smallest absolute Gasteiger partial charge is 0.176 e. The number of benzene rings is 1. The highest BCUT2D eigenvalue weighted by atomic mass is 32.2. The summed E-state index contributed by atoms with van der Waals surface area (Å²) in [6, 6.07) is 8.16. The zero-order valence-corrected chi connectivity index (χ0v) is 13.7. The van der Waals surface area contributed by atoms with Crippen LogP contribution in [0.25, 0.3) is 0 Å². The number of carbonyl (C=O) groups excluding carboxylic acids is 1. The molecule has 0 bridgehead atoms. The maximum atomic E-state index is 12.5. The molecule has 19 heavy (non-hydrogen) atoms. The Bertz CT molecular complexity index is 439. The SMILES string of the molecule is CC(C)c1ccc(C(=O)C2CSC(C)C(C)S2)cc1. The highest BCUT2D eigenvalue weighted by Gasteiger charge is 2.30. The van der Waals surface area contributed by atoms with Crippen LogP contribution in [-0.4, -0.2) is 27.3 Å². The number of thioether (sulfide) groups is 2. The topological polar surface area (TPSA) is 17.1 Å². The van der Waals surface area contributed by atoms with Gasteiger partial charge in [-0.15, -0.1) is 11.8 Å². The Kier molecular flexibility index (Phi) is 5.02. The van der Waals surface area contributed by atoms with Crippen molar-refractivity contribution in [3.63, 3.8) is 0 Å². The summed E-state index contributed by atoms with van der Waals surface area (Å²) in [6.45, 7) is 8.82. The normalized spacial score (nSPS) is 27.5. The van der Waals surface area contributed by atoms with Crippen molar-refractivity contribution in [2.45, 2.75) is 49.4 Å². The van der Waals surface area contributed by atoms with E-state index in [1.54, 1.807) is 0 Å². The van der Waals surface area contributed by atoms with Crippen LogP contribution in [0.5, 0.6) is 0 Å². The van der Waals surface area contributed by atoms with E-state index < -0.39 is 0 Å². The molecule has 1 heterocycles. The highest BCUT2D eigenvalue weighted by Crippen LogP contribution is 2.37. The molecule has 0 N–H and O–H groups in total. The summed E-state index contributed by atoms with van der Waals surface area (Å²) in [5.41, 5.74) is 2.16. The quantitative estimate of drug-likeness (QED) is 0.757. The summed E-state index contributed by atoms with van der Waals surface area (Å²) in [6.07, 6.45) is 0. The van der Waals surface area contributed by atoms with Crippen molar-refractivity contribution in [3.05, 3.63) is 35.4 Å². The molecule has 1 aromatic carbocycles. The van der Waals surface area contributed by atoms with E-state index in [0.29, 0.717) is 22.2 Å². The van der Waals surface area contributed by atoms with Crippen molar-refractivity contribution in [2.75, 3.05) is 5.75 Å². The van der Waals surface area contributed by atoms with E-state index in [1.165, 1.54) is 5.56 Å². The average Bonchev–Trinajstić information content (AvgIpc) is 2.41. The van der Waals surface area contributed by atoms with Gasteiger partial charge in [-0.3, -0.25) is 4.79 Å². The van der Waals surface area contributed by atoms with Crippen molar-refractivity contribution in [2.24, 2.45) is 0 Å². The summed E-state index contributed by atoms with van der Waals surface area (Å²) in [5, 5.41) is 1.33. The van der Waals surface area contributed by atoms with Crippen molar-refractivity contribution in [1.29, 1.82) is 0 Å². The molecule has 1 fully saturated rings. The molecule has 104 valence electrons. The van der Waals surface area contributed by atoms with Gasteiger partial charge in [0.25, 0.3) is 0 Å². The number of hydrogen-bond donors (Lipinski definition) is 0. The predicted molar refractivity (Wildman–Crippen MR) is 87.6 cm³/mol. The minimum atomic E-state index is 0.126. The molecule has 0 aliphatic carbocycles. The molecule has 0 amide bonds. The van der Waals surface area contributed by atoms with Crippen LogP contribution >= 0.6 is 23.5 Å². The molecule has 3 atom stereocenters. The van der Waals surface area contributed by atoms with E-state index in [4.69, 9.17) is 0 Å². The van der Waals surface area contributed by atoms with Crippen LogP contribution in [-0.2, 0) is 0 Å². The number of hydrogen-bond acceptors (Lipinski definition) is 3. The molecule has 2 rings (SSSR count). The summed E-state index contributed by atoms with van der Waals surface area (Å²) in [5.74, 6) is 1.76. The Morgan fingerprint density at radius 2 is 1.79 bits per heavy atom. The molecule has 3 unspecified atom stereocenters. The number of ketones is 1. The van der Waals surface area contributed by atoms with Crippen molar-refractivity contribution >= 4 is 29.3 Å². The summed E-state index contributed by atoms with van der Waals surface area (Å²) in [4.78, 5) is 12.5. The van der Waals surface area contributed by atoms with Crippen LogP contribution in [0.4, 0.5) is 0 Å². The minimum Gasteiger partial charge on any atom is -0.293 e. The fourth-order valence-corrected chi connectivity index (χ4v) is 5.02. The Morgan fingerprint density at radius 3 is 2.32 bits per heavy atom. The molecule has 1 saturated heterocycles. The molecule has 1 aromatic rings. The third-order valence-electron chi connectivity index (χ3n) is 3.70. The van der Waals surface area contributed by atoms with Crippen LogP contribution < -0.4 is 0 Å². The molecule has 3 heteroatoms. The zero-order chi connectivity index (χ0) is 14.0. The highest BCUT2D eigenvalue weighted by molar-refractivity contribution is 8.08. The first kappa shape index (κ1) is 15.0. The first-order valence-electron chi connectivity index (χ1n) is 6.90. The molecule has 0 saturated carbocycles. The molecule has 0 spiro atoms. The third-order valence-corrected chi connectivity index (χ3v) is 7.09. The van der Waals surface area contributed by atoms with E-state index in [2.05, 4.69) is 39.8 Å². The lowest BCUT2D eigenvalue weighted by molar-refractivity contribution is 0.0994. The molecule has 0 radical (unpaired) electrons. The molecular formula is C16H22OS2. The van der Waals surface area contributed by atoms with Crippen LogP contribution in [0, 0.1) is 0 Å². The summed E-state index contributed by atoms with van der Waals surface area (Å²) in [7, 11) is 0. The van der Waals surface area contributed by atoms with Crippen LogP contribution in [0.2, 0.25) is 0 Å². The number of rotatable bonds is 3. The van der Waals surface area contributed by atoms with Gasteiger partial charge in [-0.25, -0.2) is 0 Å². The van der Waals surface area contributed by atoms with E-state index in [1.807, 2.05) is 35.7 Å². The first-order chi connectivity index (χ1) is 8.99.